The molecule has 1 heterocycles. The Kier molecular flexibility index (Phi) is 18.9. The Morgan fingerprint density at radius 3 is 2.15 bits per heavy atom. The number of thioether (sulfide) groups is 1. The van der Waals surface area contributed by atoms with Crippen LogP contribution in [0.5, 0.6) is 0 Å². The Hall–Kier alpha value is -2.38. The van der Waals surface area contributed by atoms with Crippen molar-refractivity contribution in [3.63, 3.8) is 0 Å². The monoisotopic (exact) mass is 696 g/mol. The first-order valence-corrected chi connectivity index (χ1v) is 10.8. The fourth-order valence-electron chi connectivity index (χ4n) is 2.27. The summed E-state index contributed by atoms with van der Waals surface area (Å²) in [7, 11) is 5.64. The van der Waals surface area contributed by atoms with E-state index in [9.17, 15) is 39.8 Å². The molecule has 0 saturated carbocycles. The van der Waals surface area contributed by atoms with E-state index in [0.29, 0.717) is 12.4 Å². The second-order valence-corrected chi connectivity index (χ2v) is 7.94. The molecular formula is C19H27BiN4O9S. The van der Waals surface area contributed by atoms with Gasteiger partial charge >= 0.3 is 26.2 Å². The van der Waals surface area contributed by atoms with Gasteiger partial charge in [0, 0.05) is 43.2 Å². The van der Waals surface area contributed by atoms with Crippen LogP contribution in [0.25, 0.3) is 0 Å². The molecule has 0 fully saturated rings. The predicted octanol–water partition coefficient (Wildman–Crippen LogP) is -3.29. The fraction of sp³-hybridized carbons (Fsp3) is 0.526. The summed E-state index contributed by atoms with van der Waals surface area (Å²) < 4.78 is 5.70. The van der Waals surface area contributed by atoms with Gasteiger partial charge in [0.15, 0.2) is 5.82 Å². The van der Waals surface area contributed by atoms with Crippen LogP contribution in [-0.2, 0) is 26.7 Å². The molecule has 0 saturated heterocycles. The van der Waals surface area contributed by atoms with Crippen molar-refractivity contribution in [3.8, 4) is 0 Å². The maximum Gasteiger partial charge on any atom is 3.00 e. The molecule has 2 radical (unpaired) electrons. The molecule has 34 heavy (non-hydrogen) atoms. The maximum absolute atomic E-state index is 10.3. The average molecular weight is 696 g/mol. The van der Waals surface area contributed by atoms with Gasteiger partial charge in [-0.15, -0.1) is 0 Å². The van der Waals surface area contributed by atoms with Crippen LogP contribution in [0.4, 0.5) is 0 Å². The van der Waals surface area contributed by atoms with Gasteiger partial charge < -0.3 is 49.7 Å². The zero-order chi connectivity index (χ0) is 25.4. The van der Waals surface area contributed by atoms with Crippen LogP contribution < -0.4 is 26.0 Å². The molecule has 2 N–H and O–H groups in total. The maximum atomic E-state index is 10.3. The third kappa shape index (κ3) is 18.1. The molecule has 0 amide bonds. The summed E-state index contributed by atoms with van der Waals surface area (Å²) in [6.07, 6.45) is -0.836. The number of furan rings is 1. The summed E-state index contributed by atoms with van der Waals surface area (Å²) in [4.78, 5) is 41.8. The molecular weight excluding hydrogens is 669 g/mol. The number of rotatable bonds is 15. The summed E-state index contributed by atoms with van der Waals surface area (Å²) in [5.74, 6) is -2.64. The van der Waals surface area contributed by atoms with Crippen LogP contribution in [0, 0.1) is 16.0 Å². The van der Waals surface area contributed by atoms with Gasteiger partial charge in [0.25, 0.3) is 6.20 Å². The van der Waals surface area contributed by atoms with Gasteiger partial charge in [0.1, 0.15) is 11.5 Å². The van der Waals surface area contributed by atoms with Gasteiger partial charge in [-0.3, -0.25) is 10.1 Å². The topological polar surface area (TPSA) is 204 Å². The molecule has 0 aliphatic heterocycles. The van der Waals surface area contributed by atoms with Gasteiger partial charge in [-0.2, -0.15) is 11.8 Å². The molecule has 1 aromatic heterocycles. The van der Waals surface area contributed by atoms with Crippen molar-refractivity contribution in [1.82, 2.24) is 15.5 Å². The minimum absolute atomic E-state index is 0. The van der Waals surface area contributed by atoms with Gasteiger partial charge in [-0.05, 0) is 39.1 Å². The Balaban J connectivity index is 0. The van der Waals surface area contributed by atoms with Gasteiger partial charge in [-0.1, -0.05) is 0 Å². The van der Waals surface area contributed by atoms with Crippen LogP contribution in [0.1, 0.15) is 24.4 Å². The molecule has 188 valence electrons. The molecule has 0 aliphatic rings. The van der Waals surface area contributed by atoms with E-state index in [-0.39, 0.29) is 26.2 Å². The van der Waals surface area contributed by atoms with E-state index in [0.717, 1.165) is 35.8 Å². The number of carboxylic acids is 3. The summed E-state index contributed by atoms with van der Waals surface area (Å²) in [5.41, 5.74) is 0. The van der Waals surface area contributed by atoms with Crippen LogP contribution in [0.3, 0.4) is 0 Å². The average Bonchev–Trinajstić information content (AvgIpc) is 3.12. The molecule has 0 aliphatic carbocycles. The molecule has 0 atom stereocenters. The SMILES string of the molecule is CN/C(=C\[N+](=O)[O-])NCCSCc1ccc(CN(C)C)o1.O=C([O-])CC(CC(=O)[O-])C(=O)[O-].[Bi+3]. The molecule has 0 spiro atoms. The number of aliphatic carboxylic acids is 3. The number of carbonyl (C=O) groups is 3. The van der Waals surface area contributed by atoms with Crippen molar-refractivity contribution in [1.29, 1.82) is 0 Å². The van der Waals surface area contributed by atoms with Crippen LogP contribution >= 0.6 is 11.8 Å². The van der Waals surface area contributed by atoms with E-state index in [1.807, 2.05) is 26.2 Å². The van der Waals surface area contributed by atoms with Crippen molar-refractivity contribution in [2.24, 2.45) is 5.92 Å². The Labute approximate surface area is 220 Å². The Morgan fingerprint density at radius 2 is 1.71 bits per heavy atom. The van der Waals surface area contributed by atoms with Gasteiger partial charge in [0.2, 0.25) is 0 Å². The molecule has 0 unspecified atom stereocenters. The first-order chi connectivity index (χ1) is 15.4. The molecule has 0 bridgehead atoms. The second kappa shape index (κ2) is 19.0. The van der Waals surface area contributed by atoms with E-state index in [1.54, 1.807) is 18.8 Å². The smallest absolute Gasteiger partial charge is 0.550 e. The normalized spacial score (nSPS) is 10.7. The number of nitrogens with zero attached hydrogens (tertiary/aromatic N) is 2. The second-order valence-electron chi connectivity index (χ2n) is 6.83. The number of carboxylic acid groups (broad SMARTS) is 3. The third-order valence-electron chi connectivity index (χ3n) is 3.66. The quantitative estimate of drug-likeness (QED) is 0.0800. The fourth-order valence-corrected chi connectivity index (χ4v) is 3.02. The molecule has 1 rings (SSSR count). The number of hydrogen-bond acceptors (Lipinski definition) is 13. The van der Waals surface area contributed by atoms with Crippen LogP contribution in [0.2, 0.25) is 0 Å². The van der Waals surface area contributed by atoms with Crippen LogP contribution in [0.15, 0.2) is 28.6 Å². The molecule has 0 aromatic carbocycles. The molecule has 15 heteroatoms. The van der Waals surface area contributed by atoms with Crippen LogP contribution in [-0.4, -0.2) is 87.4 Å². The van der Waals surface area contributed by atoms with Crippen molar-refractivity contribution >= 4 is 55.9 Å². The first kappa shape index (κ1) is 33.8. The van der Waals surface area contributed by atoms with Crippen molar-refractivity contribution < 1.29 is 39.0 Å². The van der Waals surface area contributed by atoms with E-state index in [4.69, 9.17) is 4.42 Å². The summed E-state index contributed by atoms with van der Waals surface area (Å²) in [6, 6.07) is 3.98. The van der Waals surface area contributed by atoms with Crippen molar-refractivity contribution in [3.05, 3.63) is 45.8 Å². The summed E-state index contributed by atoms with van der Waals surface area (Å²) >= 11 is 1.72. The van der Waals surface area contributed by atoms with E-state index >= 15 is 0 Å². The molecule has 1 aromatic rings. The van der Waals surface area contributed by atoms with E-state index < -0.39 is 41.6 Å². The Bertz CT molecular complexity index is 801. The summed E-state index contributed by atoms with van der Waals surface area (Å²) in [5, 5.41) is 45.9. The molecule has 13 nitrogen and oxygen atoms in total. The van der Waals surface area contributed by atoms with Crippen molar-refractivity contribution in [2.45, 2.75) is 25.1 Å². The zero-order valence-corrected chi connectivity index (χ0v) is 23.3. The Morgan fingerprint density at radius 1 is 1.15 bits per heavy atom. The number of nitrogens with one attached hydrogen (secondary N) is 2. The first-order valence-electron chi connectivity index (χ1n) is 9.62. The largest absolute Gasteiger partial charge is 3.00 e. The minimum Gasteiger partial charge on any atom is -0.550 e. The number of nitro groups is 1. The van der Waals surface area contributed by atoms with E-state index in [1.165, 1.54) is 0 Å². The zero-order valence-electron chi connectivity index (χ0n) is 19.0. The third-order valence-corrected chi connectivity index (χ3v) is 4.64. The standard InChI is InChI=1S/C13H22N4O3S.C6H8O6.Bi/c1-14-13(9-17(18)19)15-6-7-21-10-12-5-4-11(20-12)8-16(2)3;7-4(8)1-3(6(11)12)2-5(9)10;/h4-5,9,14-15H,6-8,10H2,1-3H3;3H,1-2H2,(H,7,8)(H,9,10)(H,11,12);/q;;+3/p-3/b13-9+;;. The predicted molar refractivity (Wildman–Crippen MR) is 118 cm³/mol. The minimum atomic E-state index is -1.73. The van der Waals surface area contributed by atoms with Crippen molar-refractivity contribution in [2.75, 3.05) is 33.4 Å². The summed E-state index contributed by atoms with van der Waals surface area (Å²) in [6.45, 7) is 1.44. The number of carbonyl (C=O) groups excluding carboxylic acids is 3. The van der Waals surface area contributed by atoms with Gasteiger partial charge in [0.05, 0.1) is 17.2 Å². The van der Waals surface area contributed by atoms with Gasteiger partial charge in [-0.25, -0.2) is 0 Å². The number of hydrogen-bond donors (Lipinski definition) is 2. The van der Waals surface area contributed by atoms with E-state index in [2.05, 4.69) is 15.5 Å².